The summed E-state index contributed by atoms with van der Waals surface area (Å²) in [7, 11) is 0. The Kier molecular flexibility index (Phi) is 4.24. The highest BCUT2D eigenvalue weighted by Crippen LogP contribution is 2.19. The van der Waals surface area contributed by atoms with E-state index in [1.165, 1.54) is 37.6 Å². The Morgan fingerprint density at radius 1 is 1.41 bits per heavy atom. The molecule has 0 saturated carbocycles. The van der Waals surface area contributed by atoms with E-state index in [9.17, 15) is 4.79 Å². The topological polar surface area (TPSA) is 54.9 Å². The van der Waals surface area contributed by atoms with E-state index in [4.69, 9.17) is 0 Å². The number of nitrogens with zero attached hydrogens (tertiary/aromatic N) is 2. The fourth-order valence-corrected chi connectivity index (χ4v) is 1.98. The van der Waals surface area contributed by atoms with Crippen LogP contribution in [0.1, 0.15) is 42.6 Å². The predicted molar refractivity (Wildman–Crippen MR) is 65.5 cm³/mol. The molecule has 0 bridgehead atoms. The van der Waals surface area contributed by atoms with Gasteiger partial charge in [-0.15, -0.1) is 0 Å². The van der Waals surface area contributed by atoms with Crippen molar-refractivity contribution in [2.45, 2.75) is 32.1 Å². The Balaban J connectivity index is 1.75. The summed E-state index contributed by atoms with van der Waals surface area (Å²) >= 11 is 0. The second kappa shape index (κ2) is 6.13. The molecular formula is C13H17N3O. The molecule has 1 heterocycles. The summed E-state index contributed by atoms with van der Waals surface area (Å²) in [6, 6.07) is 1.62. The van der Waals surface area contributed by atoms with Crippen molar-refractivity contribution in [3.63, 3.8) is 0 Å². The third-order valence-electron chi connectivity index (χ3n) is 2.93. The van der Waals surface area contributed by atoms with E-state index in [2.05, 4.69) is 21.4 Å². The molecule has 1 aromatic heterocycles. The minimum absolute atomic E-state index is 0.121. The van der Waals surface area contributed by atoms with E-state index in [1.54, 1.807) is 12.3 Å². The van der Waals surface area contributed by atoms with Gasteiger partial charge in [0.15, 0.2) is 0 Å². The molecule has 0 unspecified atom stereocenters. The predicted octanol–water partition coefficient (Wildman–Crippen LogP) is 2.10. The molecule has 0 fully saturated rings. The molecule has 0 aromatic carbocycles. The van der Waals surface area contributed by atoms with E-state index in [0.717, 1.165) is 6.42 Å². The van der Waals surface area contributed by atoms with E-state index in [1.807, 2.05) is 0 Å². The molecule has 4 heteroatoms. The smallest absolute Gasteiger partial charge is 0.270 e. The molecule has 0 spiro atoms. The molecule has 90 valence electrons. The summed E-state index contributed by atoms with van der Waals surface area (Å²) in [4.78, 5) is 19.4. The number of hydrogen-bond acceptors (Lipinski definition) is 3. The Hall–Kier alpha value is -1.71. The van der Waals surface area contributed by atoms with Gasteiger partial charge in [-0.3, -0.25) is 4.79 Å². The SMILES string of the molecule is O=C(NCCC1=CCCCC1)c1ccncn1. The maximum Gasteiger partial charge on any atom is 0.270 e. The van der Waals surface area contributed by atoms with Crippen molar-refractivity contribution >= 4 is 5.91 Å². The molecule has 1 aliphatic carbocycles. The molecule has 17 heavy (non-hydrogen) atoms. The second-order valence-corrected chi connectivity index (χ2v) is 4.21. The highest BCUT2D eigenvalue weighted by molar-refractivity contribution is 5.91. The van der Waals surface area contributed by atoms with Crippen LogP contribution < -0.4 is 5.32 Å². The van der Waals surface area contributed by atoms with Crippen LogP contribution in [0.15, 0.2) is 30.2 Å². The first-order valence-corrected chi connectivity index (χ1v) is 6.08. The maximum absolute atomic E-state index is 11.7. The number of hydrogen-bond donors (Lipinski definition) is 1. The van der Waals surface area contributed by atoms with Gasteiger partial charge in [-0.05, 0) is 38.2 Å². The quantitative estimate of drug-likeness (QED) is 0.807. The first-order valence-electron chi connectivity index (χ1n) is 6.08. The van der Waals surface area contributed by atoms with Gasteiger partial charge >= 0.3 is 0 Å². The van der Waals surface area contributed by atoms with Crippen LogP contribution in [0.5, 0.6) is 0 Å². The van der Waals surface area contributed by atoms with Gasteiger partial charge in [-0.1, -0.05) is 11.6 Å². The molecule has 1 N–H and O–H groups in total. The summed E-state index contributed by atoms with van der Waals surface area (Å²) < 4.78 is 0. The van der Waals surface area contributed by atoms with Crippen molar-refractivity contribution < 1.29 is 4.79 Å². The first kappa shape index (κ1) is 11.8. The lowest BCUT2D eigenvalue weighted by molar-refractivity contribution is 0.0949. The lowest BCUT2D eigenvalue weighted by Gasteiger charge is -2.12. The highest BCUT2D eigenvalue weighted by Gasteiger charge is 2.07. The fourth-order valence-electron chi connectivity index (χ4n) is 1.98. The van der Waals surface area contributed by atoms with Crippen LogP contribution in [0.3, 0.4) is 0 Å². The number of rotatable bonds is 4. The number of allylic oxidation sites excluding steroid dienone is 1. The molecule has 4 nitrogen and oxygen atoms in total. The number of aromatic nitrogens is 2. The third kappa shape index (κ3) is 3.66. The summed E-state index contributed by atoms with van der Waals surface area (Å²) in [6.45, 7) is 0.689. The Morgan fingerprint density at radius 2 is 2.35 bits per heavy atom. The zero-order valence-corrected chi connectivity index (χ0v) is 9.85. The molecule has 2 rings (SSSR count). The van der Waals surface area contributed by atoms with E-state index < -0.39 is 0 Å². The standard InChI is InChI=1S/C13H17N3O/c17-13(12-7-8-14-10-16-12)15-9-6-11-4-2-1-3-5-11/h4,7-8,10H,1-3,5-6,9H2,(H,15,17). The minimum atomic E-state index is -0.121. The van der Waals surface area contributed by atoms with Crippen molar-refractivity contribution in [3.8, 4) is 0 Å². The zero-order valence-electron chi connectivity index (χ0n) is 9.85. The van der Waals surface area contributed by atoms with Gasteiger partial charge in [0.25, 0.3) is 5.91 Å². The van der Waals surface area contributed by atoms with Gasteiger partial charge in [0, 0.05) is 12.7 Å². The highest BCUT2D eigenvalue weighted by atomic mass is 16.1. The van der Waals surface area contributed by atoms with Gasteiger partial charge in [0.05, 0.1) is 0 Å². The van der Waals surface area contributed by atoms with Crippen LogP contribution in [-0.2, 0) is 0 Å². The Bertz CT molecular complexity index is 400. The van der Waals surface area contributed by atoms with Crippen molar-refractivity contribution in [1.29, 1.82) is 0 Å². The molecular weight excluding hydrogens is 214 g/mol. The summed E-state index contributed by atoms with van der Waals surface area (Å²) in [5.41, 5.74) is 1.90. The van der Waals surface area contributed by atoms with Gasteiger partial charge in [0.1, 0.15) is 12.0 Å². The summed E-state index contributed by atoms with van der Waals surface area (Å²) in [6.07, 6.45) is 11.2. The van der Waals surface area contributed by atoms with Crippen LogP contribution in [-0.4, -0.2) is 22.4 Å². The largest absolute Gasteiger partial charge is 0.350 e. The first-order chi connectivity index (χ1) is 8.36. The van der Waals surface area contributed by atoms with Crippen LogP contribution in [0.4, 0.5) is 0 Å². The molecule has 0 saturated heterocycles. The summed E-state index contributed by atoms with van der Waals surface area (Å²) in [5, 5.41) is 2.88. The van der Waals surface area contributed by atoms with E-state index >= 15 is 0 Å². The lowest BCUT2D eigenvalue weighted by Crippen LogP contribution is -2.25. The Labute approximate surface area is 101 Å². The van der Waals surface area contributed by atoms with Crippen LogP contribution in [0.25, 0.3) is 0 Å². The van der Waals surface area contributed by atoms with Gasteiger partial charge in [-0.2, -0.15) is 0 Å². The van der Waals surface area contributed by atoms with E-state index in [-0.39, 0.29) is 5.91 Å². The Morgan fingerprint density at radius 3 is 3.06 bits per heavy atom. The van der Waals surface area contributed by atoms with Crippen molar-refractivity contribution in [2.24, 2.45) is 0 Å². The number of amides is 1. The van der Waals surface area contributed by atoms with E-state index in [0.29, 0.717) is 12.2 Å². The van der Waals surface area contributed by atoms with Gasteiger partial charge in [0.2, 0.25) is 0 Å². The second-order valence-electron chi connectivity index (χ2n) is 4.21. The molecule has 1 aliphatic rings. The molecule has 0 radical (unpaired) electrons. The van der Waals surface area contributed by atoms with Gasteiger partial charge in [-0.25, -0.2) is 9.97 Å². The maximum atomic E-state index is 11.7. The van der Waals surface area contributed by atoms with Crippen molar-refractivity contribution in [1.82, 2.24) is 15.3 Å². The molecule has 0 aliphatic heterocycles. The third-order valence-corrected chi connectivity index (χ3v) is 2.93. The minimum Gasteiger partial charge on any atom is -0.350 e. The van der Waals surface area contributed by atoms with Gasteiger partial charge < -0.3 is 5.32 Å². The number of nitrogens with one attached hydrogen (secondary N) is 1. The average Bonchev–Trinajstić information content (AvgIpc) is 2.41. The molecule has 1 aromatic rings. The lowest BCUT2D eigenvalue weighted by atomic mass is 9.97. The van der Waals surface area contributed by atoms with Crippen LogP contribution >= 0.6 is 0 Å². The number of carbonyl (C=O) groups is 1. The fraction of sp³-hybridized carbons (Fsp3) is 0.462. The monoisotopic (exact) mass is 231 g/mol. The number of carbonyl (C=O) groups excluding carboxylic acids is 1. The average molecular weight is 231 g/mol. The zero-order chi connectivity index (χ0) is 11.9. The summed E-state index contributed by atoms with van der Waals surface area (Å²) in [5.74, 6) is -0.121. The molecule has 1 amide bonds. The van der Waals surface area contributed by atoms with Crippen LogP contribution in [0, 0.1) is 0 Å². The normalized spacial score (nSPS) is 15.2. The molecule has 0 atom stereocenters. The van der Waals surface area contributed by atoms with Crippen molar-refractivity contribution in [2.75, 3.05) is 6.54 Å². The van der Waals surface area contributed by atoms with Crippen molar-refractivity contribution in [3.05, 3.63) is 35.9 Å². The van der Waals surface area contributed by atoms with Crippen LogP contribution in [0.2, 0.25) is 0 Å².